The minimum absolute atomic E-state index is 0.955. The smallest absolute Gasteiger partial charge is 0.0770 e. The number of thiophene rings is 2. The van der Waals surface area contributed by atoms with Gasteiger partial charge in [0.15, 0.2) is 0 Å². The number of hydrogen-bond donors (Lipinski definition) is 0. The first-order valence-electron chi connectivity index (χ1n) is 10.5. The average Bonchev–Trinajstić information content (AvgIpc) is 3.21. The van der Waals surface area contributed by atoms with E-state index in [9.17, 15) is 0 Å². The van der Waals surface area contributed by atoms with Crippen molar-refractivity contribution in [3.8, 4) is 10.4 Å². The van der Waals surface area contributed by atoms with Crippen molar-refractivity contribution in [3.05, 3.63) is 45.8 Å². The fourth-order valence-corrected chi connectivity index (χ4v) is 6.51. The van der Waals surface area contributed by atoms with Gasteiger partial charge in [-0.3, -0.25) is 0 Å². The Labute approximate surface area is 177 Å². The molecule has 0 aliphatic heterocycles. The zero-order valence-corrected chi connectivity index (χ0v) is 19.0. The summed E-state index contributed by atoms with van der Waals surface area (Å²) in [5.41, 5.74) is 2.70. The maximum Gasteiger partial charge on any atom is 0.0770 e. The first kappa shape index (κ1) is 20.9. The molecule has 0 N–H and O–H groups in total. The Morgan fingerprint density at radius 3 is 2.15 bits per heavy atom. The lowest BCUT2D eigenvalue weighted by Gasteiger charge is -2.03. The van der Waals surface area contributed by atoms with Crippen LogP contribution >= 0.6 is 34.3 Å². The molecular weight excluding hydrogens is 388 g/mol. The van der Waals surface area contributed by atoms with E-state index in [1.165, 1.54) is 94.5 Å². The molecule has 0 saturated heterocycles. The van der Waals surface area contributed by atoms with E-state index < -0.39 is 0 Å². The molecule has 0 fully saturated rings. The van der Waals surface area contributed by atoms with Gasteiger partial charge in [-0.2, -0.15) is 0 Å². The van der Waals surface area contributed by atoms with E-state index >= 15 is 0 Å². The lowest BCUT2D eigenvalue weighted by molar-refractivity contribution is 0.634. The summed E-state index contributed by atoms with van der Waals surface area (Å²) in [6.45, 7) is 4.53. The lowest BCUT2D eigenvalue weighted by atomic mass is 10.0. The second kappa shape index (κ2) is 10.6. The highest BCUT2D eigenvalue weighted by Gasteiger charge is 2.15. The summed E-state index contributed by atoms with van der Waals surface area (Å²) >= 11 is 10.5. The quantitative estimate of drug-likeness (QED) is 0.272. The molecule has 3 aromatic rings. The van der Waals surface area contributed by atoms with Crippen LogP contribution in [0.1, 0.15) is 75.7 Å². The molecular formula is C24H31ClS2. The van der Waals surface area contributed by atoms with Crippen LogP contribution < -0.4 is 0 Å². The molecule has 27 heavy (non-hydrogen) atoms. The van der Waals surface area contributed by atoms with Crippen molar-refractivity contribution in [2.24, 2.45) is 0 Å². The standard InChI is InChI=1S/C24H31ClS2/c1-3-5-7-8-10-12-20-17-21-24(26-20)22(25)23(27-21)19-15-13-18(14-16-19)11-9-6-4-2/h13-17H,3-12H2,1-2H3. The van der Waals surface area contributed by atoms with Gasteiger partial charge in [-0.1, -0.05) is 88.2 Å². The minimum Gasteiger partial charge on any atom is -0.138 e. The van der Waals surface area contributed by atoms with Crippen molar-refractivity contribution in [2.75, 3.05) is 0 Å². The molecule has 0 amide bonds. The normalized spacial score (nSPS) is 11.5. The van der Waals surface area contributed by atoms with Gasteiger partial charge in [0.25, 0.3) is 0 Å². The number of aryl methyl sites for hydroxylation is 2. The minimum atomic E-state index is 0.955. The molecule has 0 atom stereocenters. The molecule has 1 aromatic carbocycles. The first-order valence-corrected chi connectivity index (χ1v) is 12.5. The second-order valence-electron chi connectivity index (χ2n) is 7.47. The van der Waals surface area contributed by atoms with Crippen LogP contribution in [0.5, 0.6) is 0 Å². The monoisotopic (exact) mass is 418 g/mol. The maximum absolute atomic E-state index is 6.77. The number of halogens is 1. The summed E-state index contributed by atoms with van der Waals surface area (Å²) in [7, 11) is 0. The van der Waals surface area contributed by atoms with Gasteiger partial charge in [-0.15, -0.1) is 22.7 Å². The summed E-state index contributed by atoms with van der Waals surface area (Å²) in [6.07, 6.45) is 13.0. The Morgan fingerprint density at radius 1 is 0.778 bits per heavy atom. The van der Waals surface area contributed by atoms with Crippen LogP contribution in [0.4, 0.5) is 0 Å². The number of benzene rings is 1. The number of hydrogen-bond acceptors (Lipinski definition) is 2. The van der Waals surface area contributed by atoms with Crippen LogP contribution in [0.25, 0.3) is 19.8 Å². The third-order valence-electron chi connectivity index (χ3n) is 5.17. The van der Waals surface area contributed by atoms with E-state index in [1.54, 1.807) is 0 Å². The molecule has 2 aromatic heterocycles. The third-order valence-corrected chi connectivity index (χ3v) is 8.30. The van der Waals surface area contributed by atoms with Gasteiger partial charge in [0, 0.05) is 9.58 Å². The Bertz CT molecular complexity index is 826. The van der Waals surface area contributed by atoms with Crippen molar-refractivity contribution in [3.63, 3.8) is 0 Å². The molecule has 0 aliphatic rings. The van der Waals surface area contributed by atoms with E-state index in [0.29, 0.717) is 0 Å². The van der Waals surface area contributed by atoms with Gasteiger partial charge in [0.2, 0.25) is 0 Å². The highest BCUT2D eigenvalue weighted by atomic mass is 35.5. The molecule has 0 spiro atoms. The summed E-state index contributed by atoms with van der Waals surface area (Å²) in [5.74, 6) is 0. The average molecular weight is 419 g/mol. The van der Waals surface area contributed by atoms with E-state index in [2.05, 4.69) is 44.2 Å². The van der Waals surface area contributed by atoms with Gasteiger partial charge in [-0.05, 0) is 42.9 Å². The Balaban J connectivity index is 1.65. The topological polar surface area (TPSA) is 0 Å². The van der Waals surface area contributed by atoms with Crippen LogP contribution in [0.2, 0.25) is 5.02 Å². The number of unbranched alkanes of at least 4 members (excludes halogenated alkanes) is 6. The van der Waals surface area contributed by atoms with E-state index in [-0.39, 0.29) is 0 Å². The molecule has 0 saturated carbocycles. The van der Waals surface area contributed by atoms with Crippen LogP contribution in [-0.4, -0.2) is 0 Å². The van der Waals surface area contributed by atoms with Gasteiger partial charge >= 0.3 is 0 Å². The molecule has 0 nitrogen and oxygen atoms in total. The first-order chi connectivity index (χ1) is 13.2. The highest BCUT2D eigenvalue weighted by molar-refractivity contribution is 7.30. The zero-order chi connectivity index (χ0) is 19.1. The SMILES string of the molecule is CCCCCCCc1cc2sc(-c3ccc(CCCCC)cc3)c(Cl)c2s1. The van der Waals surface area contributed by atoms with Crippen molar-refractivity contribution >= 4 is 43.7 Å². The molecule has 0 radical (unpaired) electrons. The van der Waals surface area contributed by atoms with Crippen molar-refractivity contribution in [1.82, 2.24) is 0 Å². The highest BCUT2D eigenvalue weighted by Crippen LogP contribution is 2.46. The maximum atomic E-state index is 6.77. The number of rotatable bonds is 11. The Morgan fingerprint density at radius 2 is 1.44 bits per heavy atom. The van der Waals surface area contributed by atoms with E-state index in [0.717, 1.165) is 5.02 Å². The van der Waals surface area contributed by atoms with Crippen LogP contribution in [0.3, 0.4) is 0 Å². The summed E-state index contributed by atoms with van der Waals surface area (Å²) in [4.78, 5) is 2.72. The van der Waals surface area contributed by atoms with Crippen molar-refractivity contribution < 1.29 is 0 Å². The molecule has 2 heterocycles. The predicted molar refractivity (Wildman–Crippen MR) is 126 cm³/mol. The van der Waals surface area contributed by atoms with Gasteiger partial charge in [-0.25, -0.2) is 0 Å². The van der Waals surface area contributed by atoms with E-state index in [1.807, 2.05) is 22.7 Å². The van der Waals surface area contributed by atoms with Crippen LogP contribution in [0.15, 0.2) is 30.3 Å². The summed E-state index contributed by atoms with van der Waals surface area (Å²) < 4.78 is 2.64. The second-order valence-corrected chi connectivity index (χ2v) is 10.0. The lowest BCUT2D eigenvalue weighted by Crippen LogP contribution is -1.85. The molecule has 0 bridgehead atoms. The fraction of sp³-hybridized carbons (Fsp3) is 0.500. The molecule has 3 heteroatoms. The third kappa shape index (κ3) is 5.59. The Hall–Kier alpha value is -0.830. The van der Waals surface area contributed by atoms with Gasteiger partial charge < -0.3 is 0 Å². The zero-order valence-electron chi connectivity index (χ0n) is 16.7. The molecule has 3 rings (SSSR count). The largest absolute Gasteiger partial charge is 0.138 e. The Kier molecular flexibility index (Phi) is 8.24. The summed E-state index contributed by atoms with van der Waals surface area (Å²) in [5, 5.41) is 0.955. The summed E-state index contributed by atoms with van der Waals surface area (Å²) in [6, 6.07) is 11.4. The van der Waals surface area contributed by atoms with Gasteiger partial charge in [0.1, 0.15) is 0 Å². The molecule has 0 unspecified atom stereocenters. The number of fused-ring (bicyclic) bond motifs is 1. The van der Waals surface area contributed by atoms with Crippen LogP contribution in [0, 0.1) is 0 Å². The van der Waals surface area contributed by atoms with Crippen molar-refractivity contribution in [1.29, 1.82) is 0 Å². The van der Waals surface area contributed by atoms with Crippen molar-refractivity contribution in [2.45, 2.75) is 78.1 Å². The molecule has 0 aliphatic carbocycles. The van der Waals surface area contributed by atoms with Gasteiger partial charge in [0.05, 0.1) is 14.6 Å². The molecule has 146 valence electrons. The van der Waals surface area contributed by atoms with E-state index in [4.69, 9.17) is 11.6 Å². The van der Waals surface area contributed by atoms with Crippen LogP contribution in [-0.2, 0) is 12.8 Å². The fourth-order valence-electron chi connectivity index (χ4n) is 3.52. The predicted octanol–water partition coefficient (Wildman–Crippen LogP) is 9.53.